The Morgan fingerprint density at radius 1 is 1.25 bits per heavy atom. The van der Waals surface area contributed by atoms with Crippen molar-refractivity contribution >= 4 is 11.6 Å². The maximum Gasteiger partial charge on any atom is 0.254 e. The largest absolute Gasteiger partial charge is 0.375 e. The molecule has 0 N–H and O–H groups in total. The van der Waals surface area contributed by atoms with E-state index in [1.54, 1.807) is 0 Å². The number of nitrogens with zero attached hydrogens (tertiary/aromatic N) is 3. The minimum absolute atomic E-state index is 0.0528. The summed E-state index contributed by atoms with van der Waals surface area (Å²) in [6.07, 6.45) is 8.37. The lowest BCUT2D eigenvalue weighted by atomic mass is 9.83. The Morgan fingerprint density at radius 2 is 1.93 bits per heavy atom. The number of rotatable bonds is 7. The number of carbonyl (C=O) groups excluding carboxylic acids is 1. The van der Waals surface area contributed by atoms with E-state index in [0.717, 1.165) is 11.3 Å². The molecule has 5 heteroatoms. The Labute approximate surface area is 169 Å². The summed E-state index contributed by atoms with van der Waals surface area (Å²) >= 11 is 0. The average molecular weight is 386 g/mol. The van der Waals surface area contributed by atoms with E-state index in [9.17, 15) is 4.79 Å². The van der Waals surface area contributed by atoms with E-state index >= 15 is 0 Å². The van der Waals surface area contributed by atoms with Gasteiger partial charge >= 0.3 is 0 Å². The van der Waals surface area contributed by atoms with Crippen molar-refractivity contribution in [2.75, 3.05) is 20.2 Å². The average Bonchev–Trinajstić information content (AvgIpc) is 3.09. The molecule has 2 aromatic heterocycles. The third kappa shape index (κ3) is 3.95. The number of ether oxygens (including phenoxy) is 1. The molecule has 2 aromatic rings. The van der Waals surface area contributed by atoms with Crippen LogP contribution in [0, 0.1) is 5.92 Å². The second-order valence-electron chi connectivity index (χ2n) is 8.21. The van der Waals surface area contributed by atoms with E-state index in [0.29, 0.717) is 30.5 Å². The number of imidazole rings is 1. The van der Waals surface area contributed by atoms with Crippen LogP contribution < -0.4 is 0 Å². The maximum atomic E-state index is 12.8. The standard InChI is InChI=1S/C23H35N3O2/c1-6-25(7-2)23(27)18-13-14-26-19(15-18)24-20(16(3)4)21(26)22(28-5)17-11-9-8-10-12-17/h13-17,22H,6-12H2,1-5H3. The number of pyridine rings is 1. The van der Waals surface area contributed by atoms with Crippen LogP contribution >= 0.6 is 0 Å². The first kappa shape index (κ1) is 20.8. The molecule has 0 radical (unpaired) electrons. The van der Waals surface area contributed by atoms with Gasteiger partial charge in [-0.1, -0.05) is 33.1 Å². The normalized spacial score (nSPS) is 16.6. The minimum atomic E-state index is 0.0528. The van der Waals surface area contributed by atoms with Gasteiger partial charge in [-0.05, 0) is 50.7 Å². The van der Waals surface area contributed by atoms with Crippen molar-refractivity contribution in [2.24, 2.45) is 5.92 Å². The second kappa shape index (κ2) is 9.08. The van der Waals surface area contributed by atoms with Gasteiger partial charge in [-0.2, -0.15) is 0 Å². The second-order valence-corrected chi connectivity index (χ2v) is 8.21. The highest BCUT2D eigenvalue weighted by Gasteiger charge is 2.31. The van der Waals surface area contributed by atoms with Crippen LogP contribution in [0.5, 0.6) is 0 Å². The molecule has 1 aliphatic carbocycles. The summed E-state index contributed by atoms with van der Waals surface area (Å²) in [6.45, 7) is 9.81. The summed E-state index contributed by atoms with van der Waals surface area (Å²) in [6, 6.07) is 3.86. The van der Waals surface area contributed by atoms with Crippen LogP contribution in [0.25, 0.3) is 5.65 Å². The summed E-state index contributed by atoms with van der Waals surface area (Å²) in [5, 5.41) is 0. The molecule has 28 heavy (non-hydrogen) atoms. The Bertz CT molecular complexity index is 802. The van der Waals surface area contributed by atoms with Crippen molar-refractivity contribution in [3.8, 4) is 0 Å². The summed E-state index contributed by atoms with van der Waals surface area (Å²) in [7, 11) is 1.82. The number of carbonyl (C=O) groups is 1. The predicted molar refractivity (Wildman–Crippen MR) is 113 cm³/mol. The molecule has 0 spiro atoms. The lowest BCUT2D eigenvalue weighted by Gasteiger charge is -2.30. The molecule has 0 saturated heterocycles. The smallest absolute Gasteiger partial charge is 0.254 e. The Kier molecular flexibility index (Phi) is 6.76. The first-order valence-corrected chi connectivity index (χ1v) is 10.9. The van der Waals surface area contributed by atoms with Crippen molar-refractivity contribution < 1.29 is 9.53 Å². The fourth-order valence-corrected chi connectivity index (χ4v) is 4.58. The van der Waals surface area contributed by atoms with Crippen LogP contribution in [0.4, 0.5) is 0 Å². The van der Waals surface area contributed by atoms with Crippen molar-refractivity contribution in [1.29, 1.82) is 0 Å². The number of methoxy groups -OCH3 is 1. The van der Waals surface area contributed by atoms with E-state index in [1.807, 2.05) is 44.2 Å². The van der Waals surface area contributed by atoms with E-state index < -0.39 is 0 Å². The zero-order chi connectivity index (χ0) is 20.3. The SMILES string of the molecule is CCN(CC)C(=O)c1ccn2c(C(OC)C3CCCCC3)c(C(C)C)nc2c1. The third-order valence-corrected chi connectivity index (χ3v) is 6.14. The Balaban J connectivity index is 2.06. The molecule has 1 unspecified atom stereocenters. The van der Waals surface area contributed by atoms with E-state index in [4.69, 9.17) is 9.72 Å². The quantitative estimate of drug-likeness (QED) is 0.657. The van der Waals surface area contributed by atoms with Gasteiger partial charge in [-0.15, -0.1) is 0 Å². The fourth-order valence-electron chi connectivity index (χ4n) is 4.58. The molecule has 0 aromatic carbocycles. The molecule has 1 fully saturated rings. The summed E-state index contributed by atoms with van der Waals surface area (Å²) in [5.41, 5.74) is 3.80. The van der Waals surface area contributed by atoms with Crippen LogP contribution in [-0.2, 0) is 4.74 Å². The van der Waals surface area contributed by atoms with Crippen molar-refractivity contribution in [3.05, 3.63) is 35.3 Å². The third-order valence-electron chi connectivity index (χ3n) is 6.14. The lowest BCUT2D eigenvalue weighted by Crippen LogP contribution is -2.30. The molecular formula is C23H35N3O2. The maximum absolute atomic E-state index is 12.8. The number of amides is 1. The van der Waals surface area contributed by atoms with Gasteiger partial charge in [0, 0.05) is 32.0 Å². The van der Waals surface area contributed by atoms with Crippen LogP contribution in [0.1, 0.15) is 93.6 Å². The van der Waals surface area contributed by atoms with Crippen molar-refractivity contribution in [2.45, 2.75) is 71.8 Å². The molecule has 1 saturated carbocycles. The van der Waals surface area contributed by atoms with Crippen LogP contribution in [0.2, 0.25) is 0 Å². The van der Waals surface area contributed by atoms with E-state index in [1.165, 1.54) is 37.8 Å². The lowest BCUT2D eigenvalue weighted by molar-refractivity contribution is 0.0308. The van der Waals surface area contributed by atoms with Gasteiger partial charge in [-0.3, -0.25) is 4.79 Å². The van der Waals surface area contributed by atoms with Crippen LogP contribution in [0.3, 0.4) is 0 Å². The van der Waals surface area contributed by atoms with Gasteiger partial charge < -0.3 is 14.0 Å². The van der Waals surface area contributed by atoms with E-state index in [-0.39, 0.29) is 12.0 Å². The Morgan fingerprint density at radius 3 is 2.50 bits per heavy atom. The minimum Gasteiger partial charge on any atom is -0.375 e. The first-order valence-electron chi connectivity index (χ1n) is 10.9. The van der Waals surface area contributed by atoms with Crippen LogP contribution in [-0.4, -0.2) is 40.4 Å². The molecule has 2 heterocycles. The van der Waals surface area contributed by atoms with Crippen molar-refractivity contribution in [3.63, 3.8) is 0 Å². The molecule has 154 valence electrons. The number of fused-ring (bicyclic) bond motifs is 1. The molecule has 1 aliphatic rings. The van der Waals surface area contributed by atoms with E-state index in [2.05, 4.69) is 18.2 Å². The molecule has 3 rings (SSSR count). The predicted octanol–water partition coefficient (Wildman–Crippen LogP) is 5.21. The zero-order valence-electron chi connectivity index (χ0n) is 18.1. The number of hydrogen-bond acceptors (Lipinski definition) is 3. The van der Waals surface area contributed by atoms with Crippen LogP contribution in [0.15, 0.2) is 18.3 Å². The highest BCUT2D eigenvalue weighted by Crippen LogP contribution is 2.39. The molecule has 0 bridgehead atoms. The van der Waals surface area contributed by atoms with Crippen molar-refractivity contribution in [1.82, 2.24) is 14.3 Å². The molecule has 1 amide bonds. The molecular weight excluding hydrogens is 350 g/mol. The number of hydrogen-bond donors (Lipinski definition) is 0. The van der Waals surface area contributed by atoms with Gasteiger partial charge in [0.2, 0.25) is 0 Å². The fraction of sp³-hybridized carbons (Fsp3) is 0.652. The topological polar surface area (TPSA) is 46.8 Å². The number of aromatic nitrogens is 2. The van der Waals surface area contributed by atoms with Gasteiger partial charge in [0.1, 0.15) is 11.8 Å². The summed E-state index contributed by atoms with van der Waals surface area (Å²) in [5.74, 6) is 0.907. The molecule has 5 nitrogen and oxygen atoms in total. The molecule has 0 aliphatic heterocycles. The Hall–Kier alpha value is -1.88. The summed E-state index contributed by atoms with van der Waals surface area (Å²) in [4.78, 5) is 19.6. The van der Waals surface area contributed by atoms with Gasteiger partial charge in [0.05, 0.1) is 11.4 Å². The van der Waals surface area contributed by atoms with Gasteiger partial charge in [0.15, 0.2) is 0 Å². The van der Waals surface area contributed by atoms with Gasteiger partial charge in [0.25, 0.3) is 5.91 Å². The zero-order valence-corrected chi connectivity index (χ0v) is 18.1. The first-order chi connectivity index (χ1) is 13.5. The molecule has 1 atom stereocenters. The highest BCUT2D eigenvalue weighted by atomic mass is 16.5. The highest BCUT2D eigenvalue weighted by molar-refractivity contribution is 5.95. The monoisotopic (exact) mass is 385 g/mol. The van der Waals surface area contributed by atoms with Gasteiger partial charge in [-0.25, -0.2) is 4.98 Å². The summed E-state index contributed by atoms with van der Waals surface area (Å²) < 4.78 is 8.20.